The molecule has 1 saturated heterocycles. The number of allylic oxidation sites excluding steroid dienone is 4. The van der Waals surface area contributed by atoms with E-state index >= 15 is 0 Å². The van der Waals surface area contributed by atoms with Gasteiger partial charge in [0.2, 0.25) is 5.91 Å². The van der Waals surface area contributed by atoms with Crippen molar-refractivity contribution < 1.29 is 4.79 Å². The van der Waals surface area contributed by atoms with Gasteiger partial charge in [0.15, 0.2) is 0 Å². The van der Waals surface area contributed by atoms with Gasteiger partial charge in [-0.2, -0.15) is 0 Å². The minimum atomic E-state index is 0.334. The Kier molecular flexibility index (Phi) is 4.37. The SMILES string of the molecule is CN1CCN(C(=O)CCC2C=CC=CC2)CC1. The summed E-state index contributed by atoms with van der Waals surface area (Å²) in [6.07, 6.45) is 11.4. The third-order valence-corrected chi connectivity index (χ3v) is 3.65. The molecule has 1 aliphatic carbocycles. The quantitative estimate of drug-likeness (QED) is 0.741. The second-order valence-electron chi connectivity index (χ2n) is 5.03. The van der Waals surface area contributed by atoms with E-state index in [-0.39, 0.29) is 0 Å². The van der Waals surface area contributed by atoms with Crippen molar-refractivity contribution in [2.45, 2.75) is 19.3 Å². The molecule has 94 valence electrons. The van der Waals surface area contributed by atoms with Crippen molar-refractivity contribution >= 4 is 5.91 Å². The van der Waals surface area contributed by atoms with Crippen LogP contribution in [0.15, 0.2) is 24.3 Å². The monoisotopic (exact) mass is 234 g/mol. The van der Waals surface area contributed by atoms with Gasteiger partial charge in [0.05, 0.1) is 0 Å². The summed E-state index contributed by atoms with van der Waals surface area (Å²) in [6.45, 7) is 3.82. The molecule has 3 heteroatoms. The summed E-state index contributed by atoms with van der Waals surface area (Å²) in [5, 5.41) is 0. The van der Waals surface area contributed by atoms with E-state index in [2.05, 4.69) is 36.3 Å². The normalized spacial score (nSPS) is 25.2. The number of amides is 1. The number of carbonyl (C=O) groups excluding carboxylic acids is 1. The van der Waals surface area contributed by atoms with Crippen molar-refractivity contribution in [2.24, 2.45) is 5.92 Å². The minimum absolute atomic E-state index is 0.334. The zero-order chi connectivity index (χ0) is 12.1. The predicted octanol–water partition coefficient (Wildman–Crippen LogP) is 1.67. The van der Waals surface area contributed by atoms with E-state index < -0.39 is 0 Å². The summed E-state index contributed by atoms with van der Waals surface area (Å²) in [5.74, 6) is 0.900. The fraction of sp³-hybridized carbons (Fsp3) is 0.643. The zero-order valence-corrected chi connectivity index (χ0v) is 10.6. The van der Waals surface area contributed by atoms with Gasteiger partial charge in [-0.3, -0.25) is 4.79 Å². The molecule has 2 aliphatic rings. The standard InChI is InChI=1S/C14H22N2O/c1-15-9-11-16(12-10-15)14(17)8-7-13-5-3-2-4-6-13/h2-5,13H,6-12H2,1H3. The highest BCUT2D eigenvalue weighted by Crippen LogP contribution is 2.18. The highest BCUT2D eigenvalue weighted by molar-refractivity contribution is 5.76. The average Bonchev–Trinajstić information content (AvgIpc) is 2.38. The molecule has 0 aromatic carbocycles. The fourth-order valence-electron chi connectivity index (χ4n) is 2.37. The second-order valence-corrected chi connectivity index (χ2v) is 5.03. The van der Waals surface area contributed by atoms with Crippen LogP contribution in [0.5, 0.6) is 0 Å². The van der Waals surface area contributed by atoms with Crippen molar-refractivity contribution in [3.05, 3.63) is 24.3 Å². The Balaban J connectivity index is 1.70. The minimum Gasteiger partial charge on any atom is -0.340 e. The van der Waals surface area contributed by atoms with E-state index in [0.717, 1.165) is 39.0 Å². The zero-order valence-electron chi connectivity index (χ0n) is 10.6. The number of piperazine rings is 1. The number of carbonyl (C=O) groups is 1. The average molecular weight is 234 g/mol. The lowest BCUT2D eigenvalue weighted by atomic mass is 9.95. The molecule has 0 spiro atoms. The van der Waals surface area contributed by atoms with E-state index in [1.807, 2.05) is 4.90 Å². The van der Waals surface area contributed by atoms with Crippen LogP contribution in [0.4, 0.5) is 0 Å². The Bertz CT molecular complexity index is 314. The van der Waals surface area contributed by atoms with Crippen LogP contribution < -0.4 is 0 Å². The van der Waals surface area contributed by atoms with Gasteiger partial charge in [-0.15, -0.1) is 0 Å². The Morgan fingerprint density at radius 1 is 1.24 bits per heavy atom. The molecular weight excluding hydrogens is 212 g/mol. The van der Waals surface area contributed by atoms with Crippen molar-refractivity contribution in [3.63, 3.8) is 0 Å². The van der Waals surface area contributed by atoms with Crippen LogP contribution in [0.3, 0.4) is 0 Å². The summed E-state index contributed by atoms with van der Waals surface area (Å²) in [7, 11) is 2.11. The van der Waals surface area contributed by atoms with E-state index in [9.17, 15) is 4.79 Å². The first kappa shape index (κ1) is 12.4. The molecule has 1 heterocycles. The Morgan fingerprint density at radius 3 is 2.65 bits per heavy atom. The fourth-order valence-corrected chi connectivity index (χ4v) is 2.37. The Morgan fingerprint density at radius 2 is 2.00 bits per heavy atom. The molecule has 1 atom stereocenters. The van der Waals surface area contributed by atoms with Gasteiger partial charge in [-0.25, -0.2) is 0 Å². The maximum atomic E-state index is 12.0. The van der Waals surface area contributed by atoms with Crippen LogP contribution in [0.25, 0.3) is 0 Å². The maximum Gasteiger partial charge on any atom is 0.222 e. The number of hydrogen-bond donors (Lipinski definition) is 0. The van der Waals surface area contributed by atoms with Gasteiger partial charge in [0.1, 0.15) is 0 Å². The largest absolute Gasteiger partial charge is 0.340 e. The first-order valence-electron chi connectivity index (χ1n) is 6.55. The molecule has 0 saturated carbocycles. The highest BCUT2D eigenvalue weighted by Gasteiger charge is 2.19. The lowest BCUT2D eigenvalue weighted by molar-refractivity contribution is -0.133. The number of likely N-dealkylation sites (N-methyl/N-ethyl adjacent to an activating group) is 1. The summed E-state index contributed by atoms with van der Waals surface area (Å²) in [5.41, 5.74) is 0. The van der Waals surface area contributed by atoms with E-state index in [4.69, 9.17) is 0 Å². The van der Waals surface area contributed by atoms with Gasteiger partial charge in [-0.1, -0.05) is 24.3 Å². The Labute approximate surface area is 104 Å². The van der Waals surface area contributed by atoms with Crippen LogP contribution in [-0.2, 0) is 4.79 Å². The Hall–Kier alpha value is -1.09. The second kappa shape index (κ2) is 6.01. The summed E-state index contributed by atoms with van der Waals surface area (Å²) >= 11 is 0. The molecule has 1 fully saturated rings. The summed E-state index contributed by atoms with van der Waals surface area (Å²) in [4.78, 5) is 16.3. The van der Waals surface area contributed by atoms with Crippen LogP contribution in [-0.4, -0.2) is 48.9 Å². The van der Waals surface area contributed by atoms with E-state index in [1.54, 1.807) is 0 Å². The van der Waals surface area contributed by atoms with Gasteiger partial charge >= 0.3 is 0 Å². The van der Waals surface area contributed by atoms with Crippen molar-refractivity contribution in [1.82, 2.24) is 9.80 Å². The molecule has 0 bridgehead atoms. The molecule has 0 N–H and O–H groups in total. The lowest BCUT2D eigenvalue weighted by Crippen LogP contribution is -2.47. The number of hydrogen-bond acceptors (Lipinski definition) is 2. The van der Waals surface area contributed by atoms with Gasteiger partial charge < -0.3 is 9.80 Å². The lowest BCUT2D eigenvalue weighted by Gasteiger charge is -2.32. The summed E-state index contributed by atoms with van der Waals surface area (Å²) < 4.78 is 0. The van der Waals surface area contributed by atoms with Crippen LogP contribution in [0.1, 0.15) is 19.3 Å². The van der Waals surface area contributed by atoms with Crippen molar-refractivity contribution in [3.8, 4) is 0 Å². The van der Waals surface area contributed by atoms with E-state index in [1.165, 1.54) is 0 Å². The number of nitrogens with zero attached hydrogens (tertiary/aromatic N) is 2. The molecule has 2 rings (SSSR count). The molecule has 0 aromatic heterocycles. The predicted molar refractivity (Wildman–Crippen MR) is 69.7 cm³/mol. The third-order valence-electron chi connectivity index (χ3n) is 3.65. The first-order chi connectivity index (χ1) is 8.25. The van der Waals surface area contributed by atoms with Crippen molar-refractivity contribution in [2.75, 3.05) is 33.2 Å². The highest BCUT2D eigenvalue weighted by atomic mass is 16.2. The smallest absolute Gasteiger partial charge is 0.222 e. The molecule has 3 nitrogen and oxygen atoms in total. The van der Waals surface area contributed by atoms with Gasteiger partial charge in [0.25, 0.3) is 0 Å². The molecular formula is C14H22N2O. The molecule has 0 aromatic rings. The molecule has 1 unspecified atom stereocenters. The maximum absolute atomic E-state index is 12.0. The van der Waals surface area contributed by atoms with Crippen molar-refractivity contribution in [1.29, 1.82) is 0 Å². The molecule has 0 radical (unpaired) electrons. The third kappa shape index (κ3) is 3.70. The van der Waals surface area contributed by atoms with E-state index in [0.29, 0.717) is 18.2 Å². The number of rotatable bonds is 3. The van der Waals surface area contributed by atoms with Gasteiger partial charge in [-0.05, 0) is 25.8 Å². The van der Waals surface area contributed by atoms with Crippen LogP contribution in [0, 0.1) is 5.92 Å². The van der Waals surface area contributed by atoms with Gasteiger partial charge in [0, 0.05) is 32.6 Å². The molecule has 1 amide bonds. The first-order valence-corrected chi connectivity index (χ1v) is 6.55. The molecule has 17 heavy (non-hydrogen) atoms. The molecule has 1 aliphatic heterocycles. The van der Waals surface area contributed by atoms with Crippen LogP contribution in [0.2, 0.25) is 0 Å². The topological polar surface area (TPSA) is 23.6 Å². The summed E-state index contributed by atoms with van der Waals surface area (Å²) in [6, 6.07) is 0. The van der Waals surface area contributed by atoms with Crippen LogP contribution >= 0.6 is 0 Å².